The molecule has 4 nitrogen and oxygen atoms in total. The zero-order valence-corrected chi connectivity index (χ0v) is 13.2. The molecule has 2 atom stereocenters. The first kappa shape index (κ1) is 17.4. The number of hydrogen-bond acceptors (Lipinski definition) is 3. The van der Waals surface area contributed by atoms with Gasteiger partial charge in [0.2, 0.25) is 0 Å². The highest BCUT2D eigenvalue weighted by atomic mass is 32.2. The number of carbonyl (C=O) groups is 1. The van der Waals surface area contributed by atoms with E-state index in [-0.39, 0.29) is 18.6 Å². The van der Waals surface area contributed by atoms with E-state index in [2.05, 4.69) is 17.2 Å². The van der Waals surface area contributed by atoms with E-state index in [9.17, 15) is 9.00 Å². The van der Waals surface area contributed by atoms with E-state index >= 15 is 0 Å². The molecule has 114 valence electrons. The summed E-state index contributed by atoms with van der Waals surface area (Å²) in [4.78, 5) is 12.1. The van der Waals surface area contributed by atoms with E-state index < -0.39 is 10.8 Å². The minimum absolute atomic E-state index is 0.0227. The summed E-state index contributed by atoms with van der Waals surface area (Å²) in [6.45, 7) is 1.93. The van der Waals surface area contributed by atoms with Gasteiger partial charge in [0.15, 0.2) is 0 Å². The van der Waals surface area contributed by atoms with Crippen molar-refractivity contribution in [3.63, 3.8) is 0 Å². The van der Waals surface area contributed by atoms with Crippen LogP contribution in [0.3, 0.4) is 0 Å². The maximum absolute atomic E-state index is 12.1. The molecule has 0 bridgehead atoms. The Kier molecular flexibility index (Phi) is 7.73. The summed E-state index contributed by atoms with van der Waals surface area (Å²) in [6.07, 6.45) is 2.76. The molecule has 0 aromatic heterocycles. The Bertz CT molecular complexity index is 560. The molecule has 0 aliphatic heterocycles. The van der Waals surface area contributed by atoms with Crippen LogP contribution in [0.1, 0.15) is 35.7 Å². The van der Waals surface area contributed by atoms with Gasteiger partial charge in [0.1, 0.15) is 0 Å². The molecule has 1 aromatic rings. The molecular formula is C16H21NO3S. The third kappa shape index (κ3) is 7.07. The predicted molar refractivity (Wildman–Crippen MR) is 85.5 cm³/mol. The Morgan fingerprint density at radius 3 is 2.90 bits per heavy atom. The van der Waals surface area contributed by atoms with Crippen LogP contribution in [0.25, 0.3) is 0 Å². The molecule has 2 N–H and O–H groups in total. The maximum atomic E-state index is 12.1. The molecule has 21 heavy (non-hydrogen) atoms. The van der Waals surface area contributed by atoms with Gasteiger partial charge in [-0.1, -0.05) is 17.9 Å². The molecule has 0 aliphatic carbocycles. The normalized spacial score (nSPS) is 12.9. The van der Waals surface area contributed by atoms with Gasteiger partial charge in [-0.3, -0.25) is 9.00 Å². The van der Waals surface area contributed by atoms with Gasteiger partial charge in [0.05, 0.1) is 6.61 Å². The van der Waals surface area contributed by atoms with Crippen LogP contribution >= 0.6 is 0 Å². The minimum Gasteiger partial charge on any atom is -0.395 e. The van der Waals surface area contributed by atoms with Crippen molar-refractivity contribution in [2.45, 2.75) is 25.8 Å². The lowest BCUT2D eigenvalue weighted by atomic mass is 10.1. The van der Waals surface area contributed by atoms with Crippen LogP contribution in [0, 0.1) is 11.8 Å². The topological polar surface area (TPSA) is 66.4 Å². The Labute approximate surface area is 128 Å². The van der Waals surface area contributed by atoms with Gasteiger partial charge in [0.25, 0.3) is 5.91 Å². The van der Waals surface area contributed by atoms with Crippen molar-refractivity contribution >= 4 is 16.7 Å². The number of carbonyl (C=O) groups excluding carboxylic acids is 1. The molecule has 0 fully saturated rings. The number of nitrogens with one attached hydrogen (secondary N) is 1. The Hall–Kier alpha value is -1.64. The Morgan fingerprint density at radius 1 is 1.48 bits per heavy atom. The second kappa shape index (κ2) is 9.32. The number of benzene rings is 1. The van der Waals surface area contributed by atoms with Crippen LogP contribution in [0.15, 0.2) is 24.3 Å². The first-order valence-corrected chi connectivity index (χ1v) is 8.56. The van der Waals surface area contributed by atoms with Gasteiger partial charge >= 0.3 is 0 Å². The van der Waals surface area contributed by atoms with Crippen LogP contribution in [0.5, 0.6) is 0 Å². The molecule has 0 saturated carbocycles. The molecular weight excluding hydrogens is 286 g/mol. The lowest BCUT2D eigenvalue weighted by Gasteiger charge is -2.13. The van der Waals surface area contributed by atoms with Crippen molar-refractivity contribution < 1.29 is 14.1 Å². The molecule has 1 rings (SSSR count). The molecule has 0 spiro atoms. The third-order valence-electron chi connectivity index (χ3n) is 2.81. The van der Waals surface area contributed by atoms with E-state index in [4.69, 9.17) is 5.11 Å². The zero-order valence-electron chi connectivity index (χ0n) is 12.4. The summed E-state index contributed by atoms with van der Waals surface area (Å²) in [5, 5.41) is 11.6. The average Bonchev–Trinajstić information content (AvgIpc) is 2.46. The average molecular weight is 307 g/mol. The fraction of sp³-hybridized carbons (Fsp3) is 0.438. The quantitative estimate of drug-likeness (QED) is 0.779. The summed E-state index contributed by atoms with van der Waals surface area (Å²) in [5.74, 6) is 6.15. The molecule has 0 radical (unpaired) electrons. The van der Waals surface area contributed by atoms with Crippen molar-refractivity contribution in [2.24, 2.45) is 0 Å². The molecule has 1 amide bonds. The fourth-order valence-corrected chi connectivity index (χ4v) is 2.37. The lowest BCUT2D eigenvalue weighted by molar-refractivity contribution is 0.0939. The first-order chi connectivity index (χ1) is 10.0. The van der Waals surface area contributed by atoms with E-state index in [0.29, 0.717) is 24.2 Å². The number of aliphatic hydroxyl groups is 1. The van der Waals surface area contributed by atoms with E-state index in [0.717, 1.165) is 5.56 Å². The lowest BCUT2D eigenvalue weighted by Crippen LogP contribution is -2.33. The van der Waals surface area contributed by atoms with Crippen LogP contribution in [0.2, 0.25) is 0 Å². The smallest absolute Gasteiger partial charge is 0.251 e. The van der Waals surface area contributed by atoms with E-state index in [1.165, 1.54) is 0 Å². The van der Waals surface area contributed by atoms with E-state index in [1.54, 1.807) is 24.5 Å². The van der Waals surface area contributed by atoms with Gasteiger partial charge < -0.3 is 10.4 Å². The Morgan fingerprint density at radius 2 is 2.24 bits per heavy atom. The third-order valence-corrected chi connectivity index (χ3v) is 3.62. The maximum Gasteiger partial charge on any atom is 0.251 e. The fourth-order valence-electron chi connectivity index (χ4n) is 1.68. The molecule has 2 unspecified atom stereocenters. The minimum atomic E-state index is -0.844. The number of amides is 1. The summed E-state index contributed by atoms with van der Waals surface area (Å²) in [6, 6.07) is 7.04. The van der Waals surface area contributed by atoms with Gasteiger partial charge in [-0.25, -0.2) is 0 Å². The summed E-state index contributed by atoms with van der Waals surface area (Å²) >= 11 is 0. The molecule has 5 heteroatoms. The Balaban J connectivity index is 2.64. The standard InChI is InChI=1S/C16H21NO3S/c1-13(9-11-21(2)20)17-16(19)15-8-5-7-14(12-15)6-3-4-10-18/h5,7-8,12-13,18H,4,9-11H2,1-2H3,(H,17,19). The summed E-state index contributed by atoms with van der Waals surface area (Å²) in [7, 11) is -0.844. The SMILES string of the molecule is CC(CCS(C)=O)NC(=O)c1cccc(C#CCCO)c1. The molecule has 0 saturated heterocycles. The number of hydrogen-bond donors (Lipinski definition) is 2. The zero-order chi connectivity index (χ0) is 15.7. The van der Waals surface area contributed by atoms with Crippen molar-refractivity contribution in [1.82, 2.24) is 5.32 Å². The molecule has 1 aromatic carbocycles. The van der Waals surface area contributed by atoms with Crippen molar-refractivity contribution in [1.29, 1.82) is 0 Å². The molecule has 0 heterocycles. The monoisotopic (exact) mass is 307 g/mol. The van der Waals surface area contributed by atoms with Gasteiger partial charge in [-0.2, -0.15) is 0 Å². The van der Waals surface area contributed by atoms with Crippen LogP contribution in [0.4, 0.5) is 0 Å². The highest BCUT2D eigenvalue weighted by molar-refractivity contribution is 7.84. The van der Waals surface area contributed by atoms with Gasteiger partial charge in [0, 0.05) is 46.4 Å². The first-order valence-electron chi connectivity index (χ1n) is 6.83. The summed E-state index contributed by atoms with van der Waals surface area (Å²) in [5.41, 5.74) is 1.30. The van der Waals surface area contributed by atoms with Gasteiger partial charge in [-0.15, -0.1) is 0 Å². The van der Waals surface area contributed by atoms with Gasteiger partial charge in [-0.05, 0) is 31.5 Å². The van der Waals surface area contributed by atoms with Crippen molar-refractivity contribution in [3.8, 4) is 11.8 Å². The van der Waals surface area contributed by atoms with Crippen LogP contribution in [-0.4, -0.2) is 39.9 Å². The highest BCUT2D eigenvalue weighted by Gasteiger charge is 2.10. The van der Waals surface area contributed by atoms with Crippen LogP contribution < -0.4 is 5.32 Å². The number of rotatable bonds is 6. The summed E-state index contributed by atoms with van der Waals surface area (Å²) < 4.78 is 11.0. The highest BCUT2D eigenvalue weighted by Crippen LogP contribution is 2.05. The largest absolute Gasteiger partial charge is 0.395 e. The van der Waals surface area contributed by atoms with E-state index in [1.807, 2.05) is 13.0 Å². The van der Waals surface area contributed by atoms with Crippen LogP contribution in [-0.2, 0) is 10.8 Å². The number of aliphatic hydroxyl groups excluding tert-OH is 1. The van der Waals surface area contributed by atoms with Crippen molar-refractivity contribution in [2.75, 3.05) is 18.6 Å². The second-order valence-electron chi connectivity index (χ2n) is 4.80. The second-order valence-corrected chi connectivity index (χ2v) is 6.35. The van der Waals surface area contributed by atoms with Crippen molar-refractivity contribution in [3.05, 3.63) is 35.4 Å². The molecule has 0 aliphatic rings. The predicted octanol–water partition coefficient (Wildman–Crippen LogP) is 1.31.